The van der Waals surface area contributed by atoms with Gasteiger partial charge in [0.1, 0.15) is 5.76 Å². The lowest BCUT2D eigenvalue weighted by Crippen LogP contribution is -2.33. The van der Waals surface area contributed by atoms with Crippen molar-refractivity contribution >= 4 is 28.8 Å². The molecule has 0 aliphatic heterocycles. The van der Waals surface area contributed by atoms with E-state index in [9.17, 15) is 4.79 Å². The zero-order chi connectivity index (χ0) is 21.8. The number of aryl methyl sites for hydroxylation is 1. The van der Waals surface area contributed by atoms with E-state index in [4.69, 9.17) is 20.4 Å². The summed E-state index contributed by atoms with van der Waals surface area (Å²) in [6.07, 6.45) is 0.946. The molecule has 1 amide bonds. The molecule has 3 aromatic heterocycles. The highest BCUT2D eigenvalue weighted by Crippen LogP contribution is 2.28. The Morgan fingerprint density at radius 3 is 2.71 bits per heavy atom. The molecule has 160 valence electrons. The van der Waals surface area contributed by atoms with Gasteiger partial charge in [0, 0.05) is 6.54 Å². The summed E-state index contributed by atoms with van der Waals surface area (Å²) in [7, 11) is 0. The van der Waals surface area contributed by atoms with Crippen molar-refractivity contribution in [2.75, 3.05) is 6.54 Å². The molecule has 0 saturated carbocycles. The highest BCUT2D eigenvalue weighted by Gasteiger charge is 2.21. The van der Waals surface area contributed by atoms with Crippen LogP contribution in [0.15, 0.2) is 50.6 Å². The van der Waals surface area contributed by atoms with Crippen LogP contribution in [0.1, 0.15) is 30.7 Å². The van der Waals surface area contributed by atoms with Crippen molar-refractivity contribution in [3.63, 3.8) is 0 Å². The lowest BCUT2D eigenvalue weighted by atomic mass is 10.2. The molecule has 4 rings (SSSR count). The number of amides is 1. The molecule has 0 aliphatic rings. The number of nitrogens with zero attached hydrogens (tertiary/aromatic N) is 4. The quantitative estimate of drug-likeness (QED) is 0.353. The fraction of sp³-hybridized carbons (Fsp3) is 0.273. The van der Waals surface area contributed by atoms with E-state index in [0.29, 0.717) is 46.3 Å². The zero-order valence-electron chi connectivity index (χ0n) is 17.2. The molecule has 0 fully saturated rings. The smallest absolute Gasteiger partial charge is 0.249 e. The number of carbonyl (C=O) groups excluding carboxylic acids is 1. The van der Waals surface area contributed by atoms with Gasteiger partial charge in [-0.05, 0) is 36.9 Å². The third kappa shape index (κ3) is 4.86. The molecule has 0 aliphatic carbocycles. The van der Waals surface area contributed by atoms with Crippen molar-refractivity contribution in [3.05, 3.63) is 64.1 Å². The van der Waals surface area contributed by atoms with Crippen LogP contribution in [0.5, 0.6) is 0 Å². The highest BCUT2D eigenvalue weighted by molar-refractivity contribution is 7.13. The lowest BCUT2D eigenvalue weighted by molar-refractivity contribution is -0.131. The van der Waals surface area contributed by atoms with E-state index in [0.717, 1.165) is 11.3 Å². The Hall–Kier alpha value is -2.97. The summed E-state index contributed by atoms with van der Waals surface area (Å²) in [6, 6.07) is 11.1. The first-order valence-electron chi connectivity index (χ1n) is 9.90. The second kappa shape index (κ2) is 9.45. The summed E-state index contributed by atoms with van der Waals surface area (Å²) < 4.78 is 11.5. The van der Waals surface area contributed by atoms with Gasteiger partial charge in [0.15, 0.2) is 0 Å². The summed E-state index contributed by atoms with van der Waals surface area (Å²) in [5.74, 6) is 1.80. The normalized spacial score (nSPS) is 11.1. The second-order valence-electron chi connectivity index (χ2n) is 6.97. The van der Waals surface area contributed by atoms with Crippen molar-refractivity contribution in [2.45, 2.75) is 33.2 Å². The summed E-state index contributed by atoms with van der Waals surface area (Å²) >= 11 is 7.76. The minimum absolute atomic E-state index is 0.0755. The standard InChI is InChI=1S/C22H21ClN4O3S/c1-3-10-27(13-19-25-26-21(30-19)15-7-4-5-8-16(15)23)20(28)12-17-14(2)29-22(24-17)18-9-6-11-31-18/h4-9,11H,3,10,12-13H2,1-2H3. The van der Waals surface area contributed by atoms with Crippen molar-refractivity contribution in [1.29, 1.82) is 0 Å². The van der Waals surface area contributed by atoms with Crippen LogP contribution in [0, 0.1) is 6.92 Å². The van der Waals surface area contributed by atoms with Crippen LogP contribution in [-0.4, -0.2) is 32.5 Å². The van der Waals surface area contributed by atoms with Gasteiger partial charge in [-0.3, -0.25) is 4.79 Å². The van der Waals surface area contributed by atoms with Crippen molar-refractivity contribution in [3.8, 4) is 22.2 Å². The molecule has 0 unspecified atom stereocenters. The van der Waals surface area contributed by atoms with Crippen molar-refractivity contribution in [1.82, 2.24) is 20.1 Å². The number of halogens is 1. The number of hydrogen-bond acceptors (Lipinski definition) is 7. The van der Waals surface area contributed by atoms with E-state index in [2.05, 4.69) is 15.2 Å². The molecule has 9 heteroatoms. The largest absolute Gasteiger partial charge is 0.440 e. The van der Waals surface area contributed by atoms with Gasteiger partial charge < -0.3 is 13.7 Å². The number of oxazole rings is 1. The number of rotatable bonds is 8. The molecular formula is C22H21ClN4O3S. The summed E-state index contributed by atoms with van der Waals surface area (Å²) in [6.45, 7) is 4.63. The Kier molecular flexibility index (Phi) is 6.48. The van der Waals surface area contributed by atoms with Gasteiger partial charge in [-0.25, -0.2) is 4.98 Å². The predicted octanol–water partition coefficient (Wildman–Crippen LogP) is 5.40. The SMILES string of the molecule is CCCN(Cc1nnc(-c2ccccc2Cl)o1)C(=O)Cc1nc(-c2cccs2)oc1C. The van der Waals surface area contributed by atoms with Crippen LogP contribution in [0.4, 0.5) is 0 Å². The first-order valence-corrected chi connectivity index (χ1v) is 11.2. The van der Waals surface area contributed by atoms with Crippen LogP contribution < -0.4 is 0 Å². The predicted molar refractivity (Wildman–Crippen MR) is 119 cm³/mol. The highest BCUT2D eigenvalue weighted by atomic mass is 35.5. The van der Waals surface area contributed by atoms with E-state index in [1.165, 1.54) is 0 Å². The minimum Gasteiger partial charge on any atom is -0.440 e. The molecule has 0 radical (unpaired) electrons. The fourth-order valence-electron chi connectivity index (χ4n) is 3.14. The van der Waals surface area contributed by atoms with Crippen LogP contribution in [0.2, 0.25) is 5.02 Å². The molecule has 0 N–H and O–H groups in total. The van der Waals surface area contributed by atoms with Crippen molar-refractivity contribution < 1.29 is 13.6 Å². The van der Waals surface area contributed by atoms with Gasteiger partial charge >= 0.3 is 0 Å². The van der Waals surface area contributed by atoms with Crippen LogP contribution in [0.3, 0.4) is 0 Å². The van der Waals surface area contributed by atoms with E-state index in [1.54, 1.807) is 22.3 Å². The maximum atomic E-state index is 13.0. The third-order valence-electron chi connectivity index (χ3n) is 4.69. The minimum atomic E-state index is -0.0755. The fourth-order valence-corrected chi connectivity index (χ4v) is 4.00. The summed E-state index contributed by atoms with van der Waals surface area (Å²) in [5.41, 5.74) is 1.30. The van der Waals surface area contributed by atoms with E-state index >= 15 is 0 Å². The molecule has 0 atom stereocenters. The lowest BCUT2D eigenvalue weighted by Gasteiger charge is -2.19. The molecule has 31 heavy (non-hydrogen) atoms. The van der Waals surface area contributed by atoms with E-state index in [-0.39, 0.29) is 18.9 Å². The number of aromatic nitrogens is 3. The maximum Gasteiger partial charge on any atom is 0.249 e. The van der Waals surface area contributed by atoms with Crippen molar-refractivity contribution in [2.24, 2.45) is 0 Å². The topological polar surface area (TPSA) is 85.3 Å². The van der Waals surface area contributed by atoms with Gasteiger partial charge in [-0.15, -0.1) is 21.5 Å². The Bertz CT molecular complexity index is 1170. The molecule has 3 heterocycles. The molecule has 0 spiro atoms. The van der Waals surface area contributed by atoms with Gasteiger partial charge in [-0.2, -0.15) is 0 Å². The molecule has 4 aromatic rings. The van der Waals surface area contributed by atoms with Gasteiger partial charge in [0.25, 0.3) is 0 Å². The average molecular weight is 457 g/mol. The zero-order valence-corrected chi connectivity index (χ0v) is 18.7. The molecule has 7 nitrogen and oxygen atoms in total. The Morgan fingerprint density at radius 1 is 1.13 bits per heavy atom. The van der Waals surface area contributed by atoms with Crippen LogP contribution >= 0.6 is 22.9 Å². The third-order valence-corrected chi connectivity index (χ3v) is 5.87. The first-order chi connectivity index (χ1) is 15.0. The monoisotopic (exact) mass is 456 g/mol. The first kappa shape index (κ1) is 21.3. The van der Waals surface area contributed by atoms with Gasteiger partial charge in [0.2, 0.25) is 23.6 Å². The maximum absolute atomic E-state index is 13.0. The van der Waals surface area contributed by atoms with Crippen LogP contribution in [-0.2, 0) is 17.8 Å². The molecule has 0 bridgehead atoms. The van der Waals surface area contributed by atoms with Crippen LogP contribution in [0.25, 0.3) is 22.2 Å². The number of hydrogen-bond donors (Lipinski definition) is 0. The average Bonchev–Trinajstić information content (AvgIpc) is 3.50. The second-order valence-corrected chi connectivity index (χ2v) is 8.33. The van der Waals surface area contributed by atoms with E-state index < -0.39 is 0 Å². The Labute approximate surface area is 188 Å². The number of benzene rings is 1. The molecule has 1 aromatic carbocycles. The van der Waals surface area contributed by atoms with E-state index in [1.807, 2.05) is 49.6 Å². The molecular weight excluding hydrogens is 436 g/mol. The summed E-state index contributed by atoms with van der Waals surface area (Å²) in [4.78, 5) is 20.2. The molecule has 0 saturated heterocycles. The Morgan fingerprint density at radius 2 is 1.97 bits per heavy atom. The Balaban J connectivity index is 1.48. The van der Waals surface area contributed by atoms with Gasteiger partial charge in [-0.1, -0.05) is 36.7 Å². The van der Waals surface area contributed by atoms with Gasteiger partial charge in [0.05, 0.1) is 34.1 Å². The number of thiophene rings is 1. The number of carbonyl (C=O) groups is 1. The summed E-state index contributed by atoms with van der Waals surface area (Å²) in [5, 5.41) is 10.7.